The molecule has 0 atom stereocenters. The van der Waals surface area contributed by atoms with Crippen LogP contribution in [-0.4, -0.2) is 59.9 Å². The van der Waals surface area contributed by atoms with Crippen LogP contribution in [0.1, 0.15) is 56.7 Å². The number of rotatable bonds is 2. The van der Waals surface area contributed by atoms with E-state index in [1.165, 1.54) is 0 Å². The summed E-state index contributed by atoms with van der Waals surface area (Å²) in [6.45, 7) is 15.6. The van der Waals surface area contributed by atoms with Gasteiger partial charge in [-0.15, -0.1) is 0 Å². The van der Waals surface area contributed by atoms with E-state index in [0.29, 0.717) is 11.6 Å². The second-order valence-electron chi connectivity index (χ2n) is 7.48. The van der Waals surface area contributed by atoms with Crippen LogP contribution in [0, 0.1) is 0 Å². The average molecular weight is 321 g/mol. The highest BCUT2D eigenvalue weighted by molar-refractivity contribution is 5.92. The predicted molar refractivity (Wildman–Crippen MR) is 93.0 cm³/mol. The van der Waals surface area contributed by atoms with Crippen molar-refractivity contribution in [3.63, 3.8) is 0 Å². The molecule has 23 heavy (non-hydrogen) atoms. The third-order valence-electron chi connectivity index (χ3n) is 4.07. The molecule has 0 unspecified atom stereocenters. The molecule has 1 aliphatic heterocycles. The molecule has 130 valence electrons. The van der Waals surface area contributed by atoms with Gasteiger partial charge in [0, 0.05) is 45.0 Å². The topological polar surface area (TPSA) is 62.2 Å². The van der Waals surface area contributed by atoms with Crippen molar-refractivity contribution in [2.45, 2.75) is 46.1 Å². The van der Waals surface area contributed by atoms with E-state index in [0.717, 1.165) is 45.0 Å². The summed E-state index contributed by atoms with van der Waals surface area (Å²) in [6, 6.07) is 1.96. The van der Waals surface area contributed by atoms with Crippen LogP contribution in [0.25, 0.3) is 0 Å². The maximum absolute atomic E-state index is 12.9. The zero-order chi connectivity index (χ0) is 17.0. The molecular formula is C17H31N5O. The van der Waals surface area contributed by atoms with Gasteiger partial charge in [0.2, 0.25) is 0 Å². The average Bonchev–Trinajstić information content (AvgIpc) is 2.96. The molecule has 1 aromatic rings. The Balaban J connectivity index is 2.23. The molecule has 0 aliphatic carbocycles. The largest absolute Gasteiger partial charge is 0.335 e. The van der Waals surface area contributed by atoms with Crippen LogP contribution in [0.3, 0.4) is 0 Å². The van der Waals surface area contributed by atoms with Gasteiger partial charge in [0.1, 0.15) is 0 Å². The van der Waals surface area contributed by atoms with Gasteiger partial charge in [0.05, 0.1) is 5.54 Å². The third-order valence-corrected chi connectivity index (χ3v) is 4.07. The smallest absolute Gasteiger partial charge is 0.274 e. The first-order valence-corrected chi connectivity index (χ1v) is 8.62. The van der Waals surface area contributed by atoms with Crippen molar-refractivity contribution >= 4 is 5.91 Å². The van der Waals surface area contributed by atoms with Crippen LogP contribution in [0.2, 0.25) is 0 Å². The van der Waals surface area contributed by atoms with Crippen LogP contribution in [0.15, 0.2) is 6.07 Å². The Labute approximate surface area is 139 Å². The van der Waals surface area contributed by atoms with E-state index in [9.17, 15) is 4.79 Å². The fourth-order valence-corrected chi connectivity index (χ4v) is 2.78. The van der Waals surface area contributed by atoms with Gasteiger partial charge in [-0.3, -0.25) is 9.48 Å². The number of amides is 1. The number of hydrogen-bond acceptors (Lipinski definition) is 4. The summed E-state index contributed by atoms with van der Waals surface area (Å²) in [5.74, 6) is 0.363. The summed E-state index contributed by atoms with van der Waals surface area (Å²) >= 11 is 0. The zero-order valence-corrected chi connectivity index (χ0v) is 15.1. The van der Waals surface area contributed by atoms with Crippen LogP contribution in [-0.2, 0) is 5.54 Å². The van der Waals surface area contributed by atoms with Crippen molar-refractivity contribution in [3.8, 4) is 0 Å². The fourth-order valence-electron chi connectivity index (χ4n) is 2.78. The second kappa shape index (κ2) is 7.45. The standard InChI is InChI=1S/C17H31N5O/c1-13(2)15-12-14(20-22(15)17(3,4)5)16(23)21-10-8-18-6-7-19-9-11-21/h12-13,18-19H,6-11H2,1-5H3. The van der Waals surface area contributed by atoms with Crippen molar-refractivity contribution in [2.24, 2.45) is 0 Å². The highest BCUT2D eigenvalue weighted by Crippen LogP contribution is 2.24. The van der Waals surface area contributed by atoms with E-state index < -0.39 is 0 Å². The first-order valence-electron chi connectivity index (χ1n) is 8.62. The monoisotopic (exact) mass is 321 g/mol. The van der Waals surface area contributed by atoms with Gasteiger partial charge < -0.3 is 15.5 Å². The van der Waals surface area contributed by atoms with E-state index in [-0.39, 0.29) is 11.4 Å². The number of carbonyl (C=O) groups excluding carboxylic acids is 1. The quantitative estimate of drug-likeness (QED) is 0.864. The van der Waals surface area contributed by atoms with Gasteiger partial charge in [-0.2, -0.15) is 5.10 Å². The maximum atomic E-state index is 12.9. The first kappa shape index (κ1) is 17.9. The van der Waals surface area contributed by atoms with Crippen molar-refractivity contribution in [3.05, 3.63) is 17.5 Å². The molecule has 2 rings (SSSR count). The Morgan fingerprint density at radius 3 is 2.13 bits per heavy atom. The Morgan fingerprint density at radius 2 is 1.70 bits per heavy atom. The molecule has 0 spiro atoms. The lowest BCUT2D eigenvalue weighted by atomic mass is 10.1. The molecule has 6 nitrogen and oxygen atoms in total. The number of nitrogens with one attached hydrogen (secondary N) is 2. The van der Waals surface area contributed by atoms with Gasteiger partial charge in [-0.25, -0.2) is 0 Å². The van der Waals surface area contributed by atoms with Crippen molar-refractivity contribution in [2.75, 3.05) is 39.3 Å². The molecule has 1 amide bonds. The molecule has 0 aromatic carbocycles. The fraction of sp³-hybridized carbons (Fsp3) is 0.765. The molecule has 0 radical (unpaired) electrons. The minimum atomic E-state index is -0.130. The summed E-state index contributed by atoms with van der Waals surface area (Å²) in [7, 11) is 0. The van der Waals surface area contributed by atoms with Crippen molar-refractivity contribution in [1.82, 2.24) is 25.3 Å². The Hall–Kier alpha value is -1.40. The van der Waals surface area contributed by atoms with Gasteiger partial charge >= 0.3 is 0 Å². The first-order chi connectivity index (χ1) is 10.8. The van der Waals surface area contributed by atoms with Gasteiger partial charge in [0.15, 0.2) is 5.69 Å². The third kappa shape index (κ3) is 4.54. The molecular weight excluding hydrogens is 290 g/mol. The summed E-state index contributed by atoms with van der Waals surface area (Å²) in [5.41, 5.74) is 1.54. The molecule has 2 N–H and O–H groups in total. The van der Waals surface area contributed by atoms with E-state index in [1.807, 2.05) is 15.6 Å². The Kier molecular flexibility index (Phi) is 5.81. The van der Waals surface area contributed by atoms with Gasteiger partial charge in [-0.05, 0) is 32.8 Å². The van der Waals surface area contributed by atoms with E-state index in [2.05, 4.69) is 50.4 Å². The van der Waals surface area contributed by atoms with E-state index in [4.69, 9.17) is 0 Å². The summed E-state index contributed by atoms with van der Waals surface area (Å²) in [5, 5.41) is 11.3. The van der Waals surface area contributed by atoms with Crippen molar-refractivity contribution < 1.29 is 4.79 Å². The summed E-state index contributed by atoms with van der Waals surface area (Å²) in [6.07, 6.45) is 0. The summed E-state index contributed by atoms with van der Waals surface area (Å²) in [4.78, 5) is 14.8. The SMILES string of the molecule is CC(C)c1cc(C(=O)N2CCNCCNCC2)nn1C(C)(C)C. The van der Waals surface area contributed by atoms with Gasteiger partial charge in [0.25, 0.3) is 5.91 Å². The van der Waals surface area contributed by atoms with Crippen molar-refractivity contribution in [1.29, 1.82) is 0 Å². The van der Waals surface area contributed by atoms with Gasteiger partial charge in [-0.1, -0.05) is 13.8 Å². The van der Waals surface area contributed by atoms with E-state index >= 15 is 0 Å². The molecule has 1 aromatic heterocycles. The lowest BCUT2D eigenvalue weighted by Gasteiger charge is -2.24. The van der Waals surface area contributed by atoms with Crippen LogP contribution < -0.4 is 10.6 Å². The van der Waals surface area contributed by atoms with Crippen LogP contribution in [0.4, 0.5) is 0 Å². The number of nitrogens with zero attached hydrogens (tertiary/aromatic N) is 3. The maximum Gasteiger partial charge on any atom is 0.274 e. The normalized spacial score (nSPS) is 17.7. The lowest BCUT2D eigenvalue weighted by molar-refractivity contribution is 0.0753. The minimum absolute atomic E-state index is 0.0281. The molecule has 1 aliphatic rings. The highest BCUT2D eigenvalue weighted by atomic mass is 16.2. The van der Waals surface area contributed by atoms with Crippen LogP contribution in [0.5, 0.6) is 0 Å². The Morgan fingerprint density at radius 1 is 1.13 bits per heavy atom. The van der Waals surface area contributed by atoms with E-state index in [1.54, 1.807) is 0 Å². The summed E-state index contributed by atoms with van der Waals surface area (Å²) < 4.78 is 2.00. The number of carbonyl (C=O) groups is 1. The second-order valence-corrected chi connectivity index (χ2v) is 7.48. The van der Waals surface area contributed by atoms with Crippen LogP contribution >= 0.6 is 0 Å². The molecule has 1 fully saturated rings. The molecule has 2 heterocycles. The molecule has 0 bridgehead atoms. The minimum Gasteiger partial charge on any atom is -0.335 e. The zero-order valence-electron chi connectivity index (χ0n) is 15.1. The molecule has 1 saturated heterocycles. The molecule has 6 heteroatoms. The highest BCUT2D eigenvalue weighted by Gasteiger charge is 2.25. The Bertz CT molecular complexity index is 520. The molecule has 0 saturated carbocycles. The number of hydrogen-bond donors (Lipinski definition) is 2. The predicted octanol–water partition coefficient (Wildman–Crippen LogP) is 1.40. The lowest BCUT2D eigenvalue weighted by Crippen LogP contribution is -2.39. The number of aromatic nitrogens is 2.